The van der Waals surface area contributed by atoms with Gasteiger partial charge in [0, 0.05) is 18.3 Å². The molecule has 0 bridgehead atoms. The van der Waals surface area contributed by atoms with Gasteiger partial charge >= 0.3 is 0 Å². The van der Waals surface area contributed by atoms with E-state index in [0.29, 0.717) is 24.3 Å². The molecule has 166 valence electrons. The van der Waals surface area contributed by atoms with Crippen molar-refractivity contribution in [2.45, 2.75) is 56.9 Å². The standard InChI is InChI=1S/C25H31FN2O2S/c1-19(25(30)27-22-12-6-7-13-22)28(16-15-20-9-3-2-4-10-20)24(29)18-31-17-21-11-5-8-14-23(21)26/h2-5,8-11,14,19,22H,6-7,12-13,15-18H2,1H3,(H,27,30)/t19-/m0/s1. The first-order valence-corrected chi connectivity index (χ1v) is 12.1. The maximum atomic E-state index is 13.8. The number of hydrogen-bond acceptors (Lipinski definition) is 3. The third kappa shape index (κ3) is 7.10. The van der Waals surface area contributed by atoms with E-state index in [1.165, 1.54) is 17.8 Å². The van der Waals surface area contributed by atoms with Crippen LogP contribution in [0.4, 0.5) is 4.39 Å². The lowest BCUT2D eigenvalue weighted by Crippen LogP contribution is -2.51. The van der Waals surface area contributed by atoms with Crippen LogP contribution in [0.25, 0.3) is 0 Å². The third-order valence-electron chi connectivity index (χ3n) is 5.79. The normalized spacial score (nSPS) is 14.9. The Kier molecular flexibility index (Phi) is 8.95. The summed E-state index contributed by atoms with van der Waals surface area (Å²) in [4.78, 5) is 27.6. The van der Waals surface area contributed by atoms with Gasteiger partial charge in [0.15, 0.2) is 0 Å². The number of nitrogens with one attached hydrogen (secondary N) is 1. The Bertz CT molecular complexity index is 856. The van der Waals surface area contributed by atoms with Gasteiger partial charge in [0.2, 0.25) is 11.8 Å². The van der Waals surface area contributed by atoms with Gasteiger partial charge in [-0.15, -0.1) is 11.8 Å². The van der Waals surface area contributed by atoms with Gasteiger partial charge in [0.1, 0.15) is 11.9 Å². The summed E-state index contributed by atoms with van der Waals surface area (Å²) in [6.45, 7) is 2.27. The summed E-state index contributed by atoms with van der Waals surface area (Å²) in [7, 11) is 0. The van der Waals surface area contributed by atoms with Gasteiger partial charge in [-0.1, -0.05) is 61.4 Å². The molecular weight excluding hydrogens is 411 g/mol. The summed E-state index contributed by atoms with van der Waals surface area (Å²) in [5, 5.41) is 3.11. The molecule has 1 N–H and O–H groups in total. The van der Waals surface area contributed by atoms with Crippen molar-refractivity contribution in [3.05, 3.63) is 71.5 Å². The maximum absolute atomic E-state index is 13.8. The van der Waals surface area contributed by atoms with Crippen molar-refractivity contribution >= 4 is 23.6 Å². The molecule has 2 aromatic carbocycles. The molecule has 1 saturated carbocycles. The Balaban J connectivity index is 1.60. The monoisotopic (exact) mass is 442 g/mol. The molecular formula is C25H31FN2O2S. The van der Waals surface area contributed by atoms with E-state index in [-0.39, 0.29) is 29.4 Å². The number of rotatable bonds is 10. The molecule has 0 spiro atoms. The van der Waals surface area contributed by atoms with E-state index in [1.54, 1.807) is 30.0 Å². The minimum Gasteiger partial charge on any atom is -0.352 e. The van der Waals surface area contributed by atoms with Crippen LogP contribution in [0.2, 0.25) is 0 Å². The molecule has 3 rings (SSSR count). The average molecular weight is 443 g/mol. The zero-order chi connectivity index (χ0) is 22.1. The zero-order valence-electron chi connectivity index (χ0n) is 18.1. The maximum Gasteiger partial charge on any atom is 0.242 e. The fourth-order valence-electron chi connectivity index (χ4n) is 3.91. The van der Waals surface area contributed by atoms with E-state index < -0.39 is 6.04 Å². The van der Waals surface area contributed by atoms with Gasteiger partial charge in [-0.2, -0.15) is 0 Å². The van der Waals surface area contributed by atoms with Gasteiger partial charge in [-0.05, 0) is 43.4 Å². The van der Waals surface area contributed by atoms with Crippen LogP contribution in [0.5, 0.6) is 0 Å². The van der Waals surface area contributed by atoms with Gasteiger partial charge in [0.05, 0.1) is 5.75 Å². The van der Waals surface area contributed by atoms with Crippen LogP contribution < -0.4 is 5.32 Å². The second kappa shape index (κ2) is 11.9. The van der Waals surface area contributed by atoms with Gasteiger partial charge < -0.3 is 10.2 Å². The number of carbonyl (C=O) groups excluding carboxylic acids is 2. The second-order valence-corrected chi connectivity index (χ2v) is 9.06. The molecule has 0 radical (unpaired) electrons. The lowest BCUT2D eigenvalue weighted by molar-refractivity contribution is -0.138. The van der Waals surface area contributed by atoms with Crippen molar-refractivity contribution in [1.29, 1.82) is 0 Å². The van der Waals surface area contributed by atoms with E-state index >= 15 is 0 Å². The number of halogens is 1. The van der Waals surface area contributed by atoms with Gasteiger partial charge in [-0.25, -0.2) is 4.39 Å². The molecule has 2 aromatic rings. The average Bonchev–Trinajstić information content (AvgIpc) is 3.29. The smallest absolute Gasteiger partial charge is 0.242 e. The van der Waals surface area contributed by atoms with Crippen molar-refractivity contribution in [2.75, 3.05) is 12.3 Å². The highest BCUT2D eigenvalue weighted by Gasteiger charge is 2.28. The largest absolute Gasteiger partial charge is 0.352 e. The first-order valence-electron chi connectivity index (χ1n) is 11.0. The Morgan fingerprint density at radius 3 is 2.48 bits per heavy atom. The predicted octanol–water partition coefficient (Wildman–Crippen LogP) is 4.58. The van der Waals surface area contributed by atoms with E-state index in [2.05, 4.69) is 5.32 Å². The molecule has 0 unspecified atom stereocenters. The second-order valence-electron chi connectivity index (χ2n) is 8.07. The number of nitrogens with zero attached hydrogens (tertiary/aromatic N) is 1. The zero-order valence-corrected chi connectivity index (χ0v) is 18.9. The molecule has 4 nitrogen and oxygen atoms in total. The predicted molar refractivity (Wildman–Crippen MR) is 124 cm³/mol. The lowest BCUT2D eigenvalue weighted by atomic mass is 10.1. The number of carbonyl (C=O) groups is 2. The Morgan fingerprint density at radius 1 is 1.10 bits per heavy atom. The lowest BCUT2D eigenvalue weighted by Gasteiger charge is -2.29. The van der Waals surface area contributed by atoms with Crippen molar-refractivity contribution in [3.63, 3.8) is 0 Å². The number of amides is 2. The fraction of sp³-hybridized carbons (Fsp3) is 0.440. The molecule has 2 amide bonds. The van der Waals surface area contributed by atoms with Crippen molar-refractivity contribution in [2.24, 2.45) is 0 Å². The van der Waals surface area contributed by atoms with Crippen LogP contribution >= 0.6 is 11.8 Å². The van der Waals surface area contributed by atoms with Crippen LogP contribution in [0, 0.1) is 5.82 Å². The summed E-state index contributed by atoms with van der Waals surface area (Å²) in [5.74, 6) is 0.198. The summed E-state index contributed by atoms with van der Waals surface area (Å²) in [5.41, 5.74) is 1.71. The van der Waals surface area contributed by atoms with Crippen LogP contribution in [0.1, 0.15) is 43.7 Å². The van der Waals surface area contributed by atoms with E-state index in [9.17, 15) is 14.0 Å². The molecule has 31 heavy (non-hydrogen) atoms. The van der Waals surface area contributed by atoms with Gasteiger partial charge in [0.25, 0.3) is 0 Å². The molecule has 1 aliphatic rings. The van der Waals surface area contributed by atoms with Crippen molar-refractivity contribution in [3.8, 4) is 0 Å². The molecule has 0 saturated heterocycles. The molecule has 1 aliphatic carbocycles. The Morgan fingerprint density at radius 2 is 1.77 bits per heavy atom. The topological polar surface area (TPSA) is 49.4 Å². The summed E-state index contributed by atoms with van der Waals surface area (Å²) in [6.07, 6.45) is 4.99. The minimum atomic E-state index is -0.536. The summed E-state index contributed by atoms with van der Waals surface area (Å²) < 4.78 is 13.8. The van der Waals surface area contributed by atoms with Crippen LogP contribution in [-0.2, 0) is 21.8 Å². The molecule has 0 aromatic heterocycles. The molecule has 6 heteroatoms. The number of thioether (sulfide) groups is 1. The Labute approximate surface area is 188 Å². The van der Waals surface area contributed by atoms with Gasteiger partial charge in [-0.3, -0.25) is 9.59 Å². The number of benzene rings is 2. The minimum absolute atomic E-state index is 0.0904. The molecule has 1 fully saturated rings. The number of hydrogen-bond donors (Lipinski definition) is 1. The quantitative estimate of drug-likeness (QED) is 0.586. The van der Waals surface area contributed by atoms with E-state index in [0.717, 1.165) is 31.2 Å². The highest BCUT2D eigenvalue weighted by molar-refractivity contribution is 7.99. The molecule has 1 atom stereocenters. The highest BCUT2D eigenvalue weighted by atomic mass is 32.2. The van der Waals surface area contributed by atoms with E-state index in [4.69, 9.17) is 0 Å². The fourth-order valence-corrected chi connectivity index (χ4v) is 4.81. The van der Waals surface area contributed by atoms with Crippen molar-refractivity contribution in [1.82, 2.24) is 10.2 Å². The first-order chi connectivity index (χ1) is 15.0. The first kappa shape index (κ1) is 23.3. The van der Waals surface area contributed by atoms with Crippen LogP contribution in [0.3, 0.4) is 0 Å². The Hall–Kier alpha value is -2.34. The van der Waals surface area contributed by atoms with Crippen LogP contribution in [-0.4, -0.2) is 41.1 Å². The highest BCUT2D eigenvalue weighted by Crippen LogP contribution is 2.19. The van der Waals surface area contributed by atoms with Crippen LogP contribution in [0.15, 0.2) is 54.6 Å². The SMILES string of the molecule is C[C@@H](C(=O)NC1CCCC1)N(CCc1ccccc1)C(=O)CSCc1ccccc1F. The third-order valence-corrected chi connectivity index (χ3v) is 6.76. The molecule has 0 aliphatic heterocycles. The summed E-state index contributed by atoms with van der Waals surface area (Å²) in [6, 6.07) is 16.3. The van der Waals surface area contributed by atoms with Crippen molar-refractivity contribution < 1.29 is 14.0 Å². The molecule has 0 heterocycles. The van der Waals surface area contributed by atoms with E-state index in [1.807, 2.05) is 30.3 Å². The summed E-state index contributed by atoms with van der Waals surface area (Å²) >= 11 is 1.38.